The summed E-state index contributed by atoms with van der Waals surface area (Å²) < 4.78 is 7.05. The number of hydrogen-bond acceptors (Lipinski definition) is 6. The number of fused-ring (bicyclic) bond motifs is 1. The number of methoxy groups -OCH3 is 1. The number of anilines is 1. The van der Waals surface area contributed by atoms with Gasteiger partial charge in [0.05, 0.1) is 13.1 Å². The number of pyridine rings is 1. The Labute approximate surface area is 199 Å². The van der Waals surface area contributed by atoms with Crippen molar-refractivity contribution in [3.8, 4) is 0 Å². The van der Waals surface area contributed by atoms with Gasteiger partial charge in [-0.05, 0) is 32.4 Å². The topological polar surface area (TPSA) is 118 Å². The van der Waals surface area contributed by atoms with Crippen LogP contribution in [0.25, 0.3) is 0 Å². The van der Waals surface area contributed by atoms with Crippen LogP contribution in [0.1, 0.15) is 37.1 Å². The van der Waals surface area contributed by atoms with Gasteiger partial charge < -0.3 is 20.7 Å². The standard InChI is InChI=1S/C20H30N8O2.HI/c1-4-21-20(22-11-10-19(29)26-16-7-5-6-14(2)23-16)24-15-8-9-18-25-17(13-30-3)27-28(18)12-15;/h5-7,15H,4,8-13H2,1-3H3,(H2,21,22,24)(H,23,26,29);1H. The zero-order valence-electron chi connectivity index (χ0n) is 18.2. The third-order valence-corrected chi connectivity index (χ3v) is 4.63. The average Bonchev–Trinajstić information content (AvgIpc) is 3.10. The Bertz CT molecular complexity index is 886. The first-order chi connectivity index (χ1) is 14.6. The lowest BCUT2D eigenvalue weighted by Crippen LogP contribution is -2.47. The smallest absolute Gasteiger partial charge is 0.227 e. The lowest BCUT2D eigenvalue weighted by Gasteiger charge is -2.25. The van der Waals surface area contributed by atoms with Crippen LogP contribution in [0.5, 0.6) is 0 Å². The maximum Gasteiger partial charge on any atom is 0.227 e. The van der Waals surface area contributed by atoms with Gasteiger partial charge in [0.2, 0.25) is 5.91 Å². The molecule has 0 spiro atoms. The molecule has 1 amide bonds. The first-order valence-corrected chi connectivity index (χ1v) is 10.3. The summed E-state index contributed by atoms with van der Waals surface area (Å²) in [7, 11) is 1.64. The SMILES string of the molecule is CCNC(=NCCC(=O)Nc1cccc(C)n1)NC1CCc2nc(COC)nn2C1.I. The maximum atomic E-state index is 12.2. The molecule has 3 heterocycles. The van der Waals surface area contributed by atoms with E-state index >= 15 is 0 Å². The van der Waals surface area contributed by atoms with Gasteiger partial charge in [-0.25, -0.2) is 14.6 Å². The molecule has 3 N–H and O–H groups in total. The number of carbonyl (C=O) groups is 1. The molecule has 0 saturated heterocycles. The predicted molar refractivity (Wildman–Crippen MR) is 130 cm³/mol. The molecule has 1 unspecified atom stereocenters. The third-order valence-electron chi connectivity index (χ3n) is 4.63. The van der Waals surface area contributed by atoms with Gasteiger partial charge in [0, 0.05) is 38.2 Å². The summed E-state index contributed by atoms with van der Waals surface area (Å²) in [6, 6.07) is 5.73. The number of hydrogen-bond donors (Lipinski definition) is 3. The molecule has 11 heteroatoms. The zero-order valence-corrected chi connectivity index (χ0v) is 20.6. The number of aromatic nitrogens is 4. The quantitative estimate of drug-likeness (QED) is 0.264. The van der Waals surface area contributed by atoms with Crippen LogP contribution in [0.2, 0.25) is 0 Å². The lowest BCUT2D eigenvalue weighted by molar-refractivity contribution is -0.116. The molecule has 0 aliphatic carbocycles. The van der Waals surface area contributed by atoms with Crippen LogP contribution in [0, 0.1) is 6.92 Å². The highest BCUT2D eigenvalue weighted by Crippen LogP contribution is 2.13. The Morgan fingerprint density at radius 3 is 2.94 bits per heavy atom. The molecule has 0 aromatic carbocycles. The van der Waals surface area contributed by atoms with Crippen molar-refractivity contribution >= 4 is 41.7 Å². The molecule has 0 fully saturated rings. The van der Waals surface area contributed by atoms with Gasteiger partial charge in [-0.3, -0.25) is 9.79 Å². The second-order valence-electron chi connectivity index (χ2n) is 7.16. The predicted octanol–water partition coefficient (Wildman–Crippen LogP) is 1.64. The molecule has 2 aromatic heterocycles. The van der Waals surface area contributed by atoms with Crippen molar-refractivity contribution in [1.29, 1.82) is 0 Å². The molecule has 0 saturated carbocycles. The summed E-state index contributed by atoms with van der Waals surface area (Å²) >= 11 is 0. The minimum absolute atomic E-state index is 0. The molecular weight excluding hydrogens is 511 g/mol. The van der Waals surface area contributed by atoms with Crippen molar-refractivity contribution in [1.82, 2.24) is 30.4 Å². The monoisotopic (exact) mass is 542 g/mol. The number of ether oxygens (including phenoxy) is 1. The summed E-state index contributed by atoms with van der Waals surface area (Å²) in [6.45, 7) is 6.16. The van der Waals surface area contributed by atoms with Gasteiger partial charge in [-0.2, -0.15) is 5.10 Å². The van der Waals surface area contributed by atoms with Crippen LogP contribution in [0.15, 0.2) is 23.2 Å². The van der Waals surface area contributed by atoms with Crippen LogP contribution in [0.4, 0.5) is 5.82 Å². The summed E-state index contributed by atoms with van der Waals surface area (Å²) in [5, 5.41) is 14.0. The van der Waals surface area contributed by atoms with E-state index in [2.05, 4.69) is 36.0 Å². The fourth-order valence-electron chi connectivity index (χ4n) is 3.27. The minimum atomic E-state index is -0.108. The Hall–Kier alpha value is -2.28. The number of nitrogens with one attached hydrogen (secondary N) is 3. The van der Waals surface area contributed by atoms with E-state index in [0.717, 1.165) is 37.4 Å². The maximum absolute atomic E-state index is 12.2. The second-order valence-corrected chi connectivity index (χ2v) is 7.16. The van der Waals surface area contributed by atoms with Gasteiger partial charge >= 0.3 is 0 Å². The molecule has 2 aromatic rings. The van der Waals surface area contributed by atoms with Crippen LogP contribution < -0.4 is 16.0 Å². The summed E-state index contributed by atoms with van der Waals surface area (Å²) in [5.74, 6) is 2.85. The lowest BCUT2D eigenvalue weighted by atomic mass is 10.1. The van der Waals surface area contributed by atoms with Crippen molar-refractivity contribution < 1.29 is 9.53 Å². The number of nitrogens with zero attached hydrogens (tertiary/aromatic N) is 5. The Kier molecular flexibility index (Phi) is 10.1. The molecule has 3 rings (SSSR count). The van der Waals surface area contributed by atoms with Crippen LogP contribution in [0.3, 0.4) is 0 Å². The van der Waals surface area contributed by atoms with Gasteiger partial charge in [0.25, 0.3) is 0 Å². The normalized spacial score (nSPS) is 15.6. The fourth-order valence-corrected chi connectivity index (χ4v) is 3.27. The van der Waals surface area contributed by atoms with E-state index in [-0.39, 0.29) is 42.3 Å². The molecule has 0 bridgehead atoms. The number of halogens is 1. The highest BCUT2D eigenvalue weighted by molar-refractivity contribution is 14.0. The molecule has 31 heavy (non-hydrogen) atoms. The molecule has 1 aliphatic rings. The van der Waals surface area contributed by atoms with E-state index < -0.39 is 0 Å². The number of rotatable bonds is 8. The Balaban J connectivity index is 0.00000341. The van der Waals surface area contributed by atoms with Crippen molar-refractivity contribution in [2.24, 2.45) is 4.99 Å². The minimum Gasteiger partial charge on any atom is -0.377 e. The number of guanidine groups is 1. The molecule has 1 aliphatic heterocycles. The van der Waals surface area contributed by atoms with Gasteiger partial charge in [0.1, 0.15) is 18.2 Å². The average molecular weight is 542 g/mol. The van der Waals surface area contributed by atoms with Gasteiger partial charge in [0.15, 0.2) is 11.8 Å². The highest BCUT2D eigenvalue weighted by atomic mass is 127. The number of carbonyl (C=O) groups excluding carboxylic acids is 1. The van der Waals surface area contributed by atoms with Gasteiger partial charge in [-0.15, -0.1) is 24.0 Å². The second kappa shape index (κ2) is 12.5. The van der Waals surface area contributed by atoms with Crippen molar-refractivity contribution in [3.05, 3.63) is 35.5 Å². The van der Waals surface area contributed by atoms with E-state index in [0.29, 0.717) is 30.8 Å². The van der Waals surface area contributed by atoms with E-state index in [1.54, 1.807) is 13.2 Å². The zero-order chi connectivity index (χ0) is 21.3. The Morgan fingerprint density at radius 2 is 2.19 bits per heavy atom. The van der Waals surface area contributed by atoms with Crippen LogP contribution in [-0.2, 0) is 29.1 Å². The Morgan fingerprint density at radius 1 is 1.35 bits per heavy atom. The van der Waals surface area contributed by atoms with E-state index in [4.69, 9.17) is 4.74 Å². The molecule has 10 nitrogen and oxygen atoms in total. The summed E-state index contributed by atoms with van der Waals surface area (Å²) in [6.07, 6.45) is 2.07. The van der Waals surface area contributed by atoms with Crippen molar-refractivity contribution in [2.75, 3.05) is 25.5 Å². The van der Waals surface area contributed by atoms with Crippen molar-refractivity contribution in [2.45, 2.75) is 52.3 Å². The van der Waals surface area contributed by atoms with Gasteiger partial charge in [-0.1, -0.05) is 6.07 Å². The van der Waals surface area contributed by atoms with Crippen LogP contribution in [-0.4, -0.2) is 57.9 Å². The molecule has 0 radical (unpaired) electrons. The number of aliphatic imine (C=N–C) groups is 1. The number of amides is 1. The van der Waals surface area contributed by atoms with E-state index in [1.807, 2.05) is 30.7 Å². The summed E-state index contributed by atoms with van der Waals surface area (Å²) in [4.78, 5) is 25.5. The first kappa shape index (κ1) is 25.0. The largest absolute Gasteiger partial charge is 0.377 e. The van der Waals surface area contributed by atoms with Crippen molar-refractivity contribution in [3.63, 3.8) is 0 Å². The highest BCUT2D eigenvalue weighted by Gasteiger charge is 2.22. The van der Waals surface area contributed by atoms with E-state index in [9.17, 15) is 4.79 Å². The fraction of sp³-hybridized carbons (Fsp3) is 0.550. The third kappa shape index (κ3) is 7.73. The van der Waals surface area contributed by atoms with Crippen LogP contribution >= 0.6 is 24.0 Å². The molecule has 1 atom stereocenters. The molecular formula is C20H31IN8O2. The first-order valence-electron chi connectivity index (χ1n) is 10.3. The molecule has 170 valence electrons. The van der Waals surface area contributed by atoms with E-state index in [1.165, 1.54) is 0 Å². The summed E-state index contributed by atoms with van der Waals surface area (Å²) in [5.41, 5.74) is 0.863. The number of aryl methyl sites for hydroxylation is 2.